The fourth-order valence-corrected chi connectivity index (χ4v) is 0.486. The van der Waals surface area contributed by atoms with Gasteiger partial charge in [-0.25, -0.2) is 0 Å². The van der Waals surface area contributed by atoms with Crippen LogP contribution < -0.4 is 10.4 Å². The number of hydrogen-bond acceptors (Lipinski definition) is 3. The van der Waals surface area contributed by atoms with Crippen LogP contribution in [-0.4, -0.2) is 15.4 Å². The van der Waals surface area contributed by atoms with E-state index < -0.39 is 4.90 Å². The van der Waals surface area contributed by atoms with Gasteiger partial charge in [0.25, 0.3) is 0 Å². The third kappa shape index (κ3) is 0.857. The van der Waals surface area contributed by atoms with E-state index in [0.717, 1.165) is 0 Å². The van der Waals surface area contributed by atoms with Crippen molar-refractivity contribution >= 4 is 0 Å². The van der Waals surface area contributed by atoms with Crippen molar-refractivity contribution in [2.45, 2.75) is 6.92 Å². The maximum absolute atomic E-state index is 10.00. The first kappa shape index (κ1) is 5.67. The van der Waals surface area contributed by atoms with Crippen molar-refractivity contribution in [3.8, 4) is 0 Å². The molecule has 0 unspecified atom stereocenters. The second kappa shape index (κ2) is 1.81. The van der Waals surface area contributed by atoms with Crippen LogP contribution in [0.3, 0.4) is 0 Å². The molecule has 0 aliphatic rings. The summed E-state index contributed by atoms with van der Waals surface area (Å²) in [6.07, 6.45) is 0. The number of nitrogens with one attached hydrogen (secondary N) is 2. The number of hydrogen-bond donors (Lipinski definition) is 2. The first-order valence-electron chi connectivity index (χ1n) is 2.29. The summed E-state index contributed by atoms with van der Waals surface area (Å²) >= 11 is 0. The van der Waals surface area contributed by atoms with Crippen molar-refractivity contribution in [2.75, 3.05) is 0 Å². The molecule has 0 saturated carbocycles. The van der Waals surface area contributed by atoms with E-state index in [9.17, 15) is 10.4 Å². The zero-order chi connectivity index (χ0) is 6.85. The molecule has 0 fully saturated rings. The lowest BCUT2D eigenvalue weighted by molar-refractivity contribution is 0.862. The van der Waals surface area contributed by atoms with Crippen LogP contribution in [0, 0.1) is 17.3 Å². The third-order valence-electron chi connectivity index (χ3n) is 0.923. The maximum atomic E-state index is 10.00. The molecule has 0 amide bonds. The molecule has 0 spiro atoms. The first-order valence-corrected chi connectivity index (χ1v) is 2.29. The first-order chi connectivity index (χ1) is 4.22. The molecule has 6 nitrogen and oxygen atoms in total. The molecule has 0 aliphatic carbocycles. The average Bonchev–Trinajstić information content (AvgIpc) is 2.13. The van der Waals surface area contributed by atoms with Gasteiger partial charge in [-0.2, -0.15) is 5.10 Å². The number of aromatic nitrogens is 3. The van der Waals surface area contributed by atoms with Crippen LogP contribution in [0.2, 0.25) is 0 Å². The zero-order valence-corrected chi connectivity index (χ0v) is 4.71. The standard InChI is InChI=1S/C3H5N4O2/c1-2-3(7(8)9)5-6-4-2/h5-6H,1H3/q-1. The summed E-state index contributed by atoms with van der Waals surface area (Å²) in [7, 11) is 0. The summed E-state index contributed by atoms with van der Waals surface area (Å²) in [5, 5.41) is 28.0. The smallest absolute Gasteiger partial charge is 0.324 e. The Morgan fingerprint density at radius 3 is 2.44 bits per heavy atom. The van der Waals surface area contributed by atoms with Crippen molar-refractivity contribution < 1.29 is 0 Å². The van der Waals surface area contributed by atoms with Crippen LogP contribution >= 0.6 is 0 Å². The second-order valence-electron chi connectivity index (χ2n) is 1.54. The van der Waals surface area contributed by atoms with Crippen molar-refractivity contribution in [1.82, 2.24) is 20.3 Å². The van der Waals surface area contributed by atoms with E-state index in [1.807, 2.05) is 0 Å². The highest BCUT2D eigenvalue weighted by Crippen LogP contribution is 1.69. The lowest BCUT2D eigenvalue weighted by atomic mass is 10.5. The van der Waals surface area contributed by atoms with E-state index in [0.29, 0.717) is 5.69 Å². The predicted octanol–water partition coefficient (Wildman–Crippen LogP) is -1.19. The van der Waals surface area contributed by atoms with Gasteiger partial charge in [-0.15, -0.1) is 10.3 Å². The Morgan fingerprint density at radius 1 is 1.56 bits per heavy atom. The van der Waals surface area contributed by atoms with Crippen molar-refractivity contribution in [3.05, 3.63) is 21.6 Å². The van der Waals surface area contributed by atoms with Crippen LogP contribution in [0.15, 0.2) is 0 Å². The van der Waals surface area contributed by atoms with E-state index in [-0.39, 0.29) is 5.49 Å². The molecular formula is C3H5N4O2-. The molecular weight excluding hydrogens is 124 g/mol. The molecule has 9 heavy (non-hydrogen) atoms. The lowest BCUT2D eigenvalue weighted by Crippen LogP contribution is -2.21. The van der Waals surface area contributed by atoms with Crippen molar-refractivity contribution in [3.63, 3.8) is 0 Å². The van der Waals surface area contributed by atoms with Gasteiger partial charge in [0.15, 0.2) is 5.69 Å². The van der Waals surface area contributed by atoms with Crippen LogP contribution in [0.25, 0.3) is 0 Å². The predicted molar refractivity (Wildman–Crippen MR) is 29.7 cm³/mol. The summed E-state index contributed by atoms with van der Waals surface area (Å²) < 4.78 is 0. The molecule has 0 bridgehead atoms. The highest BCUT2D eigenvalue weighted by Gasteiger charge is 1.95. The van der Waals surface area contributed by atoms with Crippen molar-refractivity contribution in [2.24, 2.45) is 0 Å². The monoisotopic (exact) mass is 129 g/mol. The fraction of sp³-hybridized carbons (Fsp3) is 0.333. The Kier molecular flexibility index (Phi) is 1.14. The Hall–Kier alpha value is -1.46. The minimum absolute atomic E-state index is 0.0880. The molecule has 1 aromatic heterocycles. The minimum atomic E-state index is -0.529. The molecule has 1 heterocycles. The molecule has 1 rings (SSSR count). The van der Waals surface area contributed by atoms with Gasteiger partial charge in [0, 0.05) is 0 Å². The summed E-state index contributed by atoms with van der Waals surface area (Å²) in [5.41, 5.74) is 0.273. The van der Waals surface area contributed by atoms with Crippen LogP contribution in [0.4, 0.5) is 0 Å². The molecule has 2 N–H and O–H groups in total. The summed E-state index contributed by atoms with van der Waals surface area (Å²) in [6.45, 7) is 1.55. The molecule has 0 aliphatic heterocycles. The van der Waals surface area contributed by atoms with Gasteiger partial charge in [0.1, 0.15) is 0 Å². The van der Waals surface area contributed by atoms with E-state index in [2.05, 4.69) is 15.4 Å². The number of rotatable bonds is 0. The van der Waals surface area contributed by atoms with Crippen molar-refractivity contribution in [1.29, 1.82) is 0 Å². The zero-order valence-electron chi connectivity index (χ0n) is 4.71. The second-order valence-corrected chi connectivity index (χ2v) is 1.54. The quantitative estimate of drug-likeness (QED) is 0.431. The van der Waals surface area contributed by atoms with Gasteiger partial charge in [-0.1, -0.05) is 0 Å². The molecule has 1 aromatic rings. The summed E-state index contributed by atoms with van der Waals surface area (Å²) in [6, 6.07) is 0. The molecule has 6 heteroatoms. The SMILES string of the molecule is Cc1n[nH][nH]c1=[N+]([O-])[O-]. The van der Waals surface area contributed by atoms with E-state index >= 15 is 0 Å². The molecule has 0 atom stereocenters. The van der Waals surface area contributed by atoms with Gasteiger partial charge in [-0.3, -0.25) is 4.90 Å². The number of aromatic amines is 2. The Labute approximate surface area is 50.0 Å². The Bertz CT molecular complexity index is 255. The number of nitrogens with zero attached hydrogens (tertiary/aromatic N) is 2. The molecule has 0 aromatic carbocycles. The molecule has 0 radical (unpaired) electrons. The third-order valence-corrected chi connectivity index (χ3v) is 0.923. The van der Waals surface area contributed by atoms with Crippen LogP contribution in [-0.2, 0) is 0 Å². The highest BCUT2D eigenvalue weighted by molar-refractivity contribution is 4.87. The number of aryl methyl sites for hydroxylation is 1. The van der Waals surface area contributed by atoms with Gasteiger partial charge >= 0.3 is 5.49 Å². The fourth-order valence-electron chi connectivity index (χ4n) is 0.486. The Balaban J connectivity index is 3.40. The topological polar surface area (TPSA) is 93.6 Å². The van der Waals surface area contributed by atoms with E-state index in [1.165, 1.54) is 0 Å². The Morgan fingerprint density at radius 2 is 2.22 bits per heavy atom. The molecule has 50 valence electrons. The summed E-state index contributed by atoms with van der Waals surface area (Å²) in [5.74, 6) is 0. The van der Waals surface area contributed by atoms with Gasteiger partial charge < -0.3 is 10.4 Å². The minimum Gasteiger partial charge on any atom is -0.712 e. The molecule has 0 saturated heterocycles. The summed E-state index contributed by atoms with van der Waals surface area (Å²) in [4.78, 5) is -0.529. The van der Waals surface area contributed by atoms with Crippen LogP contribution in [0.1, 0.15) is 5.69 Å². The van der Waals surface area contributed by atoms with E-state index in [1.54, 1.807) is 6.92 Å². The van der Waals surface area contributed by atoms with Gasteiger partial charge in [-0.05, 0) is 6.92 Å². The highest BCUT2D eigenvalue weighted by atomic mass is 16.8. The average molecular weight is 129 g/mol. The van der Waals surface area contributed by atoms with E-state index in [4.69, 9.17) is 0 Å². The van der Waals surface area contributed by atoms with Gasteiger partial charge in [0.05, 0.1) is 0 Å². The largest absolute Gasteiger partial charge is 0.712 e. The maximum Gasteiger partial charge on any atom is 0.324 e. The normalized spacial score (nSPS) is 9.44. The van der Waals surface area contributed by atoms with Crippen LogP contribution in [0.5, 0.6) is 0 Å². The number of H-pyrrole nitrogens is 2. The lowest BCUT2D eigenvalue weighted by Gasteiger charge is -2.07. The van der Waals surface area contributed by atoms with Gasteiger partial charge in [0.2, 0.25) is 0 Å².